The van der Waals surface area contributed by atoms with Crippen LogP contribution < -0.4 is 10.6 Å². The van der Waals surface area contributed by atoms with Crippen LogP contribution in [-0.4, -0.2) is 30.9 Å². The number of carbonyl (C=O) groups is 3. The van der Waals surface area contributed by atoms with Gasteiger partial charge in [-0.25, -0.2) is 4.39 Å². The summed E-state index contributed by atoms with van der Waals surface area (Å²) in [7, 11) is 0. The molecule has 0 aromatic heterocycles. The van der Waals surface area contributed by atoms with Crippen molar-refractivity contribution < 1.29 is 23.5 Å². The SMILES string of the molecule is O=C(COC(=O)CNC(=O)c1ccc(F)cc1)Nc1cc(Cl)cc(Cl)c1. The fraction of sp³-hybridized carbons (Fsp3) is 0.118. The Morgan fingerprint density at radius 3 is 2.23 bits per heavy atom. The summed E-state index contributed by atoms with van der Waals surface area (Å²) >= 11 is 11.6. The fourth-order valence-electron chi connectivity index (χ4n) is 1.88. The summed E-state index contributed by atoms with van der Waals surface area (Å²) in [6.45, 7) is -0.984. The third-order valence-corrected chi connectivity index (χ3v) is 3.45. The molecule has 0 unspecified atom stereocenters. The molecule has 0 saturated heterocycles. The van der Waals surface area contributed by atoms with E-state index in [1.807, 2.05) is 0 Å². The van der Waals surface area contributed by atoms with Crippen molar-refractivity contribution in [3.05, 3.63) is 63.9 Å². The zero-order valence-electron chi connectivity index (χ0n) is 13.2. The molecule has 2 rings (SSSR count). The highest BCUT2D eigenvalue weighted by atomic mass is 35.5. The molecule has 26 heavy (non-hydrogen) atoms. The van der Waals surface area contributed by atoms with Crippen molar-refractivity contribution in [2.75, 3.05) is 18.5 Å². The number of hydrogen-bond donors (Lipinski definition) is 2. The second-order valence-electron chi connectivity index (χ2n) is 5.06. The van der Waals surface area contributed by atoms with Crippen molar-refractivity contribution in [3.8, 4) is 0 Å². The zero-order chi connectivity index (χ0) is 19.1. The molecule has 0 aliphatic carbocycles. The van der Waals surface area contributed by atoms with Gasteiger partial charge < -0.3 is 15.4 Å². The smallest absolute Gasteiger partial charge is 0.325 e. The van der Waals surface area contributed by atoms with Gasteiger partial charge in [-0.1, -0.05) is 23.2 Å². The summed E-state index contributed by atoms with van der Waals surface area (Å²) in [5.74, 6) is -2.45. The molecule has 0 radical (unpaired) electrons. The van der Waals surface area contributed by atoms with Crippen LogP contribution in [-0.2, 0) is 14.3 Å². The summed E-state index contributed by atoms with van der Waals surface area (Å²) in [5, 5.41) is 5.45. The van der Waals surface area contributed by atoms with Gasteiger partial charge in [0.25, 0.3) is 11.8 Å². The topological polar surface area (TPSA) is 84.5 Å². The van der Waals surface area contributed by atoms with Crippen molar-refractivity contribution in [2.45, 2.75) is 0 Å². The van der Waals surface area contributed by atoms with Crippen LogP contribution in [0.15, 0.2) is 42.5 Å². The highest BCUT2D eigenvalue weighted by molar-refractivity contribution is 6.35. The van der Waals surface area contributed by atoms with E-state index >= 15 is 0 Å². The number of amides is 2. The van der Waals surface area contributed by atoms with E-state index in [0.29, 0.717) is 15.7 Å². The lowest BCUT2D eigenvalue weighted by Crippen LogP contribution is -2.32. The van der Waals surface area contributed by atoms with E-state index in [1.165, 1.54) is 30.3 Å². The maximum absolute atomic E-state index is 12.8. The van der Waals surface area contributed by atoms with Crippen molar-refractivity contribution in [1.29, 1.82) is 0 Å². The van der Waals surface area contributed by atoms with E-state index in [2.05, 4.69) is 10.6 Å². The first-order chi connectivity index (χ1) is 12.3. The van der Waals surface area contributed by atoms with Crippen LogP contribution >= 0.6 is 23.2 Å². The number of ether oxygens (including phenoxy) is 1. The summed E-state index contributed by atoms with van der Waals surface area (Å²) in [4.78, 5) is 35.1. The van der Waals surface area contributed by atoms with Crippen LogP contribution in [0.5, 0.6) is 0 Å². The zero-order valence-corrected chi connectivity index (χ0v) is 14.7. The van der Waals surface area contributed by atoms with Crippen LogP contribution in [0.3, 0.4) is 0 Å². The number of halogens is 3. The molecule has 136 valence electrons. The molecule has 0 spiro atoms. The van der Waals surface area contributed by atoms with Gasteiger partial charge in [-0.2, -0.15) is 0 Å². The monoisotopic (exact) mass is 398 g/mol. The molecule has 0 fully saturated rings. The van der Waals surface area contributed by atoms with Gasteiger partial charge in [0.2, 0.25) is 0 Å². The highest BCUT2D eigenvalue weighted by Crippen LogP contribution is 2.22. The lowest BCUT2D eigenvalue weighted by atomic mass is 10.2. The molecule has 0 saturated carbocycles. The number of anilines is 1. The lowest BCUT2D eigenvalue weighted by molar-refractivity contribution is -0.146. The van der Waals surface area contributed by atoms with Gasteiger partial charge in [-0.15, -0.1) is 0 Å². The van der Waals surface area contributed by atoms with Crippen LogP contribution in [0.1, 0.15) is 10.4 Å². The number of esters is 1. The fourth-order valence-corrected chi connectivity index (χ4v) is 2.40. The minimum atomic E-state index is -0.806. The largest absolute Gasteiger partial charge is 0.454 e. The van der Waals surface area contributed by atoms with Crippen LogP contribution in [0.25, 0.3) is 0 Å². The Labute approximate surface area is 158 Å². The predicted molar refractivity (Wildman–Crippen MR) is 94.8 cm³/mol. The van der Waals surface area contributed by atoms with Crippen molar-refractivity contribution in [3.63, 3.8) is 0 Å². The molecule has 0 atom stereocenters. The Bertz CT molecular complexity index is 808. The maximum Gasteiger partial charge on any atom is 0.325 e. The molecule has 2 N–H and O–H groups in total. The number of rotatable bonds is 6. The molecule has 9 heteroatoms. The Morgan fingerprint density at radius 1 is 1.00 bits per heavy atom. The Morgan fingerprint density at radius 2 is 1.62 bits per heavy atom. The van der Waals surface area contributed by atoms with E-state index in [4.69, 9.17) is 27.9 Å². The van der Waals surface area contributed by atoms with E-state index in [0.717, 1.165) is 12.1 Å². The normalized spacial score (nSPS) is 10.1. The molecular weight excluding hydrogens is 386 g/mol. The average Bonchev–Trinajstić information content (AvgIpc) is 2.57. The van der Waals surface area contributed by atoms with E-state index in [-0.39, 0.29) is 5.56 Å². The van der Waals surface area contributed by atoms with E-state index < -0.39 is 36.8 Å². The van der Waals surface area contributed by atoms with E-state index in [1.54, 1.807) is 0 Å². The third-order valence-electron chi connectivity index (χ3n) is 3.01. The molecule has 0 aliphatic rings. The quantitative estimate of drug-likeness (QED) is 0.732. The van der Waals surface area contributed by atoms with Gasteiger partial charge >= 0.3 is 5.97 Å². The number of benzene rings is 2. The summed E-state index contributed by atoms with van der Waals surface area (Å²) in [5.41, 5.74) is 0.544. The standard InChI is InChI=1S/C17H13Cl2FN2O4/c18-11-5-12(19)7-14(6-11)22-15(23)9-26-16(24)8-21-17(25)10-1-3-13(20)4-2-10/h1-7H,8-9H2,(H,21,25)(H,22,23). The Balaban J connectivity index is 1.74. The van der Waals surface area contributed by atoms with Crippen LogP contribution in [0, 0.1) is 5.82 Å². The molecule has 0 aliphatic heterocycles. The van der Waals surface area contributed by atoms with Crippen molar-refractivity contribution >= 4 is 46.7 Å². The van der Waals surface area contributed by atoms with Gasteiger partial charge in [0, 0.05) is 21.3 Å². The summed E-state index contributed by atoms with van der Waals surface area (Å²) < 4.78 is 17.5. The second kappa shape index (κ2) is 9.17. The Kier molecular flexibility index (Phi) is 6.94. The number of hydrogen-bond acceptors (Lipinski definition) is 4. The second-order valence-corrected chi connectivity index (χ2v) is 5.93. The molecule has 0 heterocycles. The summed E-state index contributed by atoms with van der Waals surface area (Å²) in [6.07, 6.45) is 0. The first-order valence-electron chi connectivity index (χ1n) is 7.29. The van der Waals surface area contributed by atoms with Gasteiger partial charge in [-0.05, 0) is 42.5 Å². The van der Waals surface area contributed by atoms with Gasteiger partial charge in [0.05, 0.1) is 0 Å². The molecule has 0 bridgehead atoms. The Hall–Kier alpha value is -2.64. The minimum Gasteiger partial charge on any atom is -0.454 e. The first kappa shape index (κ1) is 19.7. The lowest BCUT2D eigenvalue weighted by Gasteiger charge is -2.08. The maximum atomic E-state index is 12.8. The third kappa shape index (κ3) is 6.34. The highest BCUT2D eigenvalue weighted by Gasteiger charge is 2.11. The first-order valence-corrected chi connectivity index (χ1v) is 8.04. The van der Waals surface area contributed by atoms with E-state index in [9.17, 15) is 18.8 Å². The predicted octanol–water partition coefficient (Wildman–Crippen LogP) is 3.04. The molecular formula is C17H13Cl2FN2O4. The molecule has 2 amide bonds. The average molecular weight is 399 g/mol. The van der Waals surface area contributed by atoms with Crippen molar-refractivity contribution in [2.24, 2.45) is 0 Å². The molecule has 6 nitrogen and oxygen atoms in total. The van der Waals surface area contributed by atoms with Crippen LogP contribution in [0.4, 0.5) is 10.1 Å². The number of carbonyl (C=O) groups excluding carboxylic acids is 3. The van der Waals surface area contributed by atoms with Gasteiger partial charge in [0.15, 0.2) is 6.61 Å². The van der Waals surface area contributed by atoms with Gasteiger partial charge in [-0.3, -0.25) is 14.4 Å². The van der Waals surface area contributed by atoms with Crippen LogP contribution in [0.2, 0.25) is 10.0 Å². The summed E-state index contributed by atoms with van der Waals surface area (Å²) in [6, 6.07) is 9.27. The molecule has 2 aromatic rings. The van der Waals surface area contributed by atoms with Gasteiger partial charge in [0.1, 0.15) is 12.4 Å². The molecule has 2 aromatic carbocycles. The minimum absolute atomic E-state index is 0.190. The number of nitrogens with one attached hydrogen (secondary N) is 2. The van der Waals surface area contributed by atoms with Crippen molar-refractivity contribution in [1.82, 2.24) is 5.32 Å².